The quantitative estimate of drug-likeness (QED) is 0.672. The van der Waals surface area contributed by atoms with Crippen LogP contribution < -0.4 is 0 Å². The molecule has 4 heteroatoms. The molecule has 0 atom stereocenters. The molecule has 0 fully saturated rings. The molecule has 0 aliphatic heterocycles. The Morgan fingerprint density at radius 2 is 1.81 bits per heavy atom. The van der Waals surface area contributed by atoms with Gasteiger partial charge in [-0.25, -0.2) is 0 Å². The number of alkyl halides is 3. The van der Waals surface area contributed by atoms with Crippen molar-refractivity contribution in [3.05, 3.63) is 41.0 Å². The summed E-state index contributed by atoms with van der Waals surface area (Å²) in [6.45, 7) is 0. The molecule has 1 aromatic carbocycles. The number of aldehydes is 1. The molecular weight excluding hydrogens is 217 g/mol. The van der Waals surface area contributed by atoms with Gasteiger partial charge in [-0.2, -0.15) is 13.2 Å². The lowest BCUT2D eigenvalue weighted by atomic mass is 9.86. The maximum absolute atomic E-state index is 12.8. The summed E-state index contributed by atoms with van der Waals surface area (Å²) in [7, 11) is 0. The van der Waals surface area contributed by atoms with Crippen molar-refractivity contribution < 1.29 is 18.0 Å². The van der Waals surface area contributed by atoms with Crippen LogP contribution in [0.25, 0.3) is 5.57 Å². The highest BCUT2D eigenvalue weighted by atomic mass is 19.4. The molecule has 0 unspecified atom stereocenters. The number of carbonyl (C=O) groups is 1. The van der Waals surface area contributed by atoms with Crippen LogP contribution in [0.1, 0.15) is 17.5 Å². The molecule has 84 valence electrons. The first-order chi connectivity index (χ1) is 7.54. The van der Waals surface area contributed by atoms with E-state index in [0.717, 1.165) is 0 Å². The van der Waals surface area contributed by atoms with Crippen molar-refractivity contribution in [1.82, 2.24) is 0 Å². The third-order valence-corrected chi connectivity index (χ3v) is 2.70. The Morgan fingerprint density at radius 3 is 2.44 bits per heavy atom. The molecule has 0 N–H and O–H groups in total. The van der Waals surface area contributed by atoms with Gasteiger partial charge in [-0.3, -0.25) is 4.79 Å². The van der Waals surface area contributed by atoms with Crippen molar-refractivity contribution in [2.24, 2.45) is 0 Å². The summed E-state index contributed by atoms with van der Waals surface area (Å²) in [6.07, 6.45) is -3.50. The number of benzene rings is 1. The molecule has 1 aromatic rings. The smallest absolute Gasteiger partial charge is 0.298 e. The van der Waals surface area contributed by atoms with Crippen molar-refractivity contribution in [2.45, 2.75) is 19.0 Å². The van der Waals surface area contributed by atoms with Crippen molar-refractivity contribution in [1.29, 1.82) is 0 Å². The topological polar surface area (TPSA) is 17.1 Å². The fraction of sp³-hybridized carbons (Fsp3) is 0.250. The number of halogens is 3. The fourth-order valence-electron chi connectivity index (χ4n) is 2.00. The molecule has 0 heterocycles. The van der Waals surface area contributed by atoms with Gasteiger partial charge in [-0.1, -0.05) is 24.3 Å². The Labute approximate surface area is 90.6 Å². The van der Waals surface area contributed by atoms with Crippen LogP contribution in [0, 0.1) is 0 Å². The van der Waals surface area contributed by atoms with Gasteiger partial charge in [-0.15, -0.1) is 0 Å². The average molecular weight is 226 g/mol. The molecule has 0 aromatic heterocycles. The van der Waals surface area contributed by atoms with Crippen LogP contribution in [-0.2, 0) is 11.2 Å². The minimum absolute atomic E-state index is 0.142. The number of hydrogen-bond donors (Lipinski definition) is 0. The van der Waals surface area contributed by atoms with Crippen LogP contribution in [0.3, 0.4) is 0 Å². The van der Waals surface area contributed by atoms with Crippen LogP contribution >= 0.6 is 0 Å². The summed E-state index contributed by atoms with van der Waals surface area (Å²) in [4.78, 5) is 10.7. The summed E-state index contributed by atoms with van der Waals surface area (Å²) in [6, 6.07) is 6.35. The van der Waals surface area contributed by atoms with Crippen LogP contribution in [0.15, 0.2) is 29.8 Å². The van der Waals surface area contributed by atoms with Crippen molar-refractivity contribution in [2.75, 3.05) is 0 Å². The molecule has 1 aliphatic carbocycles. The van der Waals surface area contributed by atoms with E-state index in [1.54, 1.807) is 18.2 Å². The second-order valence-electron chi connectivity index (χ2n) is 3.67. The Kier molecular flexibility index (Phi) is 2.58. The number of fused-ring (bicyclic) bond motifs is 1. The van der Waals surface area contributed by atoms with E-state index in [-0.39, 0.29) is 17.6 Å². The number of rotatable bonds is 1. The lowest BCUT2D eigenvalue weighted by Crippen LogP contribution is -2.18. The maximum Gasteiger partial charge on any atom is 0.417 e. The van der Waals surface area contributed by atoms with Gasteiger partial charge in [0.1, 0.15) is 6.29 Å². The molecule has 0 spiro atoms. The summed E-state index contributed by atoms with van der Waals surface area (Å²) < 4.78 is 38.5. The van der Waals surface area contributed by atoms with Gasteiger partial charge < -0.3 is 0 Å². The minimum atomic E-state index is -4.47. The van der Waals surface area contributed by atoms with E-state index in [2.05, 4.69) is 0 Å². The Balaban J connectivity index is 2.66. The van der Waals surface area contributed by atoms with Gasteiger partial charge in [0.25, 0.3) is 0 Å². The molecule has 2 rings (SSSR count). The third-order valence-electron chi connectivity index (χ3n) is 2.70. The lowest BCUT2D eigenvalue weighted by Gasteiger charge is -2.22. The molecular formula is C12H9F3O. The molecule has 1 nitrogen and oxygen atoms in total. The van der Waals surface area contributed by atoms with Gasteiger partial charge in [0.05, 0.1) is 5.57 Å². The predicted molar refractivity (Wildman–Crippen MR) is 53.8 cm³/mol. The van der Waals surface area contributed by atoms with Crippen LogP contribution in [0.4, 0.5) is 13.2 Å². The van der Waals surface area contributed by atoms with Gasteiger partial charge in [0, 0.05) is 5.57 Å². The van der Waals surface area contributed by atoms with E-state index in [4.69, 9.17) is 0 Å². The van der Waals surface area contributed by atoms with Crippen LogP contribution in [0.5, 0.6) is 0 Å². The standard InChI is InChI=1S/C12H9F3O/c13-12(14,15)11-9(7-16)6-5-8-3-1-2-4-10(8)11/h1-4,7H,5-6H2. The van der Waals surface area contributed by atoms with E-state index in [1.165, 1.54) is 6.07 Å². The highest BCUT2D eigenvalue weighted by Gasteiger charge is 2.39. The van der Waals surface area contributed by atoms with E-state index in [1.807, 2.05) is 0 Å². The monoisotopic (exact) mass is 226 g/mol. The molecule has 0 amide bonds. The SMILES string of the molecule is O=CC1=C(C(F)(F)F)c2ccccc2CC1. The summed E-state index contributed by atoms with van der Waals surface area (Å²) >= 11 is 0. The van der Waals surface area contributed by atoms with Crippen molar-refractivity contribution >= 4 is 11.9 Å². The highest BCUT2D eigenvalue weighted by Crippen LogP contribution is 2.41. The third kappa shape index (κ3) is 1.75. The van der Waals surface area contributed by atoms with Crippen molar-refractivity contribution in [3.8, 4) is 0 Å². The first kappa shape index (κ1) is 10.9. The molecule has 0 radical (unpaired) electrons. The minimum Gasteiger partial charge on any atom is -0.298 e. The molecule has 16 heavy (non-hydrogen) atoms. The van der Waals surface area contributed by atoms with Gasteiger partial charge in [0.2, 0.25) is 0 Å². The Morgan fingerprint density at radius 1 is 1.12 bits per heavy atom. The van der Waals surface area contributed by atoms with Crippen molar-refractivity contribution in [3.63, 3.8) is 0 Å². The maximum atomic E-state index is 12.8. The Hall–Kier alpha value is -1.58. The van der Waals surface area contributed by atoms with Crippen LogP contribution in [-0.4, -0.2) is 12.5 Å². The van der Waals surface area contributed by atoms with Gasteiger partial charge in [0.15, 0.2) is 0 Å². The van der Waals surface area contributed by atoms with E-state index in [9.17, 15) is 18.0 Å². The average Bonchev–Trinajstić information content (AvgIpc) is 2.26. The normalized spacial score (nSPS) is 15.9. The number of carbonyl (C=O) groups excluding carboxylic acids is 1. The largest absolute Gasteiger partial charge is 0.417 e. The molecule has 0 bridgehead atoms. The summed E-state index contributed by atoms with van der Waals surface area (Å²) in [5.41, 5.74) is -0.126. The predicted octanol–water partition coefficient (Wildman–Crippen LogP) is 3.15. The van der Waals surface area contributed by atoms with E-state index in [0.29, 0.717) is 18.3 Å². The van der Waals surface area contributed by atoms with E-state index < -0.39 is 11.7 Å². The molecule has 1 aliphatic rings. The number of hydrogen-bond acceptors (Lipinski definition) is 1. The second kappa shape index (κ2) is 3.77. The highest BCUT2D eigenvalue weighted by molar-refractivity contribution is 5.92. The molecule has 0 saturated carbocycles. The van der Waals surface area contributed by atoms with Gasteiger partial charge in [-0.05, 0) is 24.0 Å². The summed E-state index contributed by atoms with van der Waals surface area (Å²) in [5, 5.41) is 0. The molecule has 0 saturated heterocycles. The number of aryl methyl sites for hydroxylation is 1. The zero-order chi connectivity index (χ0) is 11.8. The lowest BCUT2D eigenvalue weighted by molar-refractivity contribution is -0.105. The first-order valence-electron chi connectivity index (χ1n) is 4.88. The van der Waals surface area contributed by atoms with E-state index >= 15 is 0 Å². The zero-order valence-corrected chi connectivity index (χ0v) is 8.34. The summed E-state index contributed by atoms with van der Waals surface area (Å²) in [5.74, 6) is 0. The fourth-order valence-corrected chi connectivity index (χ4v) is 2.00. The number of allylic oxidation sites excluding steroid dienone is 2. The van der Waals surface area contributed by atoms with Crippen LogP contribution in [0.2, 0.25) is 0 Å². The Bertz CT molecular complexity index is 458. The van der Waals surface area contributed by atoms with Gasteiger partial charge >= 0.3 is 6.18 Å². The second-order valence-corrected chi connectivity index (χ2v) is 3.67. The zero-order valence-electron chi connectivity index (χ0n) is 8.34. The first-order valence-corrected chi connectivity index (χ1v) is 4.88.